The highest BCUT2D eigenvalue weighted by molar-refractivity contribution is 5.94. The number of likely N-dealkylation sites (tertiary alicyclic amines) is 1. The zero-order chi connectivity index (χ0) is 16.9. The van der Waals surface area contributed by atoms with E-state index in [-0.39, 0.29) is 17.6 Å². The summed E-state index contributed by atoms with van der Waals surface area (Å²) in [5, 5.41) is 0. The minimum absolute atomic E-state index is 0.00667. The second kappa shape index (κ2) is 7.40. The molecule has 0 aliphatic carbocycles. The first-order valence-corrected chi connectivity index (χ1v) is 8.13. The van der Waals surface area contributed by atoms with E-state index in [0.29, 0.717) is 31.0 Å². The van der Waals surface area contributed by atoms with E-state index in [0.717, 1.165) is 18.5 Å². The summed E-state index contributed by atoms with van der Waals surface area (Å²) in [5.74, 6) is -0.115. The van der Waals surface area contributed by atoms with Crippen LogP contribution in [0.25, 0.3) is 0 Å². The van der Waals surface area contributed by atoms with Crippen LogP contribution in [0.5, 0.6) is 0 Å². The van der Waals surface area contributed by atoms with Crippen LogP contribution in [0.15, 0.2) is 41.3 Å². The van der Waals surface area contributed by atoms with Gasteiger partial charge in [-0.1, -0.05) is 6.07 Å². The smallest absolute Gasteiger partial charge is 0.254 e. The number of rotatable bonds is 4. The molecule has 6 heteroatoms. The molecule has 1 aliphatic heterocycles. The first-order valence-electron chi connectivity index (χ1n) is 8.13. The Balaban J connectivity index is 1.62. The van der Waals surface area contributed by atoms with Gasteiger partial charge in [-0.3, -0.25) is 14.6 Å². The van der Waals surface area contributed by atoms with Crippen molar-refractivity contribution in [1.82, 2.24) is 14.9 Å². The maximum absolute atomic E-state index is 12.6. The third-order valence-electron chi connectivity index (χ3n) is 4.08. The van der Waals surface area contributed by atoms with Crippen LogP contribution in [0.1, 0.15) is 34.6 Å². The lowest BCUT2D eigenvalue weighted by Gasteiger charge is -2.32. The molecule has 0 spiro atoms. The van der Waals surface area contributed by atoms with Gasteiger partial charge in [-0.25, -0.2) is 0 Å². The molecule has 6 nitrogen and oxygen atoms in total. The van der Waals surface area contributed by atoms with E-state index in [4.69, 9.17) is 4.74 Å². The van der Waals surface area contributed by atoms with E-state index in [1.165, 1.54) is 6.07 Å². The molecule has 1 fully saturated rings. The van der Waals surface area contributed by atoms with E-state index >= 15 is 0 Å². The summed E-state index contributed by atoms with van der Waals surface area (Å²) >= 11 is 0. The molecule has 0 unspecified atom stereocenters. The normalized spacial score (nSPS) is 17.7. The van der Waals surface area contributed by atoms with Crippen molar-refractivity contribution in [3.63, 3.8) is 0 Å². The molecule has 1 amide bonds. The number of hydrogen-bond donors (Lipinski definition) is 1. The lowest BCUT2D eigenvalue weighted by atomic mass is 10.1. The highest BCUT2D eigenvalue weighted by Gasteiger charge is 2.25. The molecule has 1 saturated heterocycles. The first-order chi connectivity index (χ1) is 11.6. The molecule has 2 aromatic rings. The summed E-state index contributed by atoms with van der Waals surface area (Å²) in [6.07, 6.45) is 3.55. The summed E-state index contributed by atoms with van der Waals surface area (Å²) in [7, 11) is 0. The Hall–Kier alpha value is -2.47. The van der Waals surface area contributed by atoms with Crippen LogP contribution in [-0.2, 0) is 11.3 Å². The van der Waals surface area contributed by atoms with Crippen molar-refractivity contribution in [2.75, 3.05) is 13.1 Å². The third kappa shape index (κ3) is 4.08. The molecule has 126 valence electrons. The average Bonchev–Trinajstić information content (AvgIpc) is 2.59. The summed E-state index contributed by atoms with van der Waals surface area (Å²) in [6.45, 7) is 3.44. The quantitative estimate of drug-likeness (QED) is 0.930. The van der Waals surface area contributed by atoms with Crippen LogP contribution in [0.4, 0.5) is 0 Å². The van der Waals surface area contributed by atoms with Gasteiger partial charge in [-0.15, -0.1) is 0 Å². The van der Waals surface area contributed by atoms with Crippen molar-refractivity contribution in [3.8, 4) is 0 Å². The second-order valence-electron chi connectivity index (χ2n) is 6.06. The topological polar surface area (TPSA) is 75.3 Å². The summed E-state index contributed by atoms with van der Waals surface area (Å²) in [6, 6.07) is 8.78. The molecule has 3 heterocycles. The monoisotopic (exact) mass is 327 g/mol. The van der Waals surface area contributed by atoms with Crippen molar-refractivity contribution >= 4 is 5.91 Å². The standard InChI is InChI=1S/C18H21N3O3/c1-13-9-14(10-17(22)20-13)18(23)21-8-4-6-16(11-21)24-12-15-5-2-3-7-19-15/h2-3,5,7,9-10,16H,4,6,8,11-12H2,1H3,(H,20,22)/t16-/m1/s1. The fourth-order valence-corrected chi connectivity index (χ4v) is 2.93. The van der Waals surface area contributed by atoms with E-state index < -0.39 is 0 Å². The number of ether oxygens (including phenoxy) is 1. The summed E-state index contributed by atoms with van der Waals surface area (Å²) in [4.78, 5) is 32.9. The van der Waals surface area contributed by atoms with Gasteiger partial charge in [0.2, 0.25) is 5.56 Å². The molecule has 2 aromatic heterocycles. The number of nitrogens with zero attached hydrogens (tertiary/aromatic N) is 2. The zero-order valence-corrected chi connectivity index (χ0v) is 13.7. The fourth-order valence-electron chi connectivity index (χ4n) is 2.93. The number of aryl methyl sites for hydroxylation is 1. The Morgan fingerprint density at radius 3 is 3.04 bits per heavy atom. The molecule has 1 atom stereocenters. The van der Waals surface area contributed by atoms with Crippen LogP contribution in [0.2, 0.25) is 0 Å². The predicted molar refractivity (Wildman–Crippen MR) is 89.8 cm³/mol. The zero-order valence-electron chi connectivity index (χ0n) is 13.7. The van der Waals surface area contributed by atoms with Crippen molar-refractivity contribution < 1.29 is 9.53 Å². The minimum atomic E-state index is -0.252. The minimum Gasteiger partial charge on any atom is -0.370 e. The van der Waals surface area contributed by atoms with Crippen LogP contribution in [0, 0.1) is 6.92 Å². The van der Waals surface area contributed by atoms with Crippen LogP contribution >= 0.6 is 0 Å². The Morgan fingerprint density at radius 2 is 2.29 bits per heavy atom. The Morgan fingerprint density at radius 1 is 1.42 bits per heavy atom. The van der Waals surface area contributed by atoms with Gasteiger partial charge in [0.25, 0.3) is 5.91 Å². The van der Waals surface area contributed by atoms with Gasteiger partial charge in [0.15, 0.2) is 0 Å². The van der Waals surface area contributed by atoms with Crippen LogP contribution in [0.3, 0.4) is 0 Å². The van der Waals surface area contributed by atoms with Crippen LogP contribution in [-0.4, -0.2) is 40.0 Å². The first kappa shape index (κ1) is 16.4. The number of aromatic amines is 1. The van der Waals surface area contributed by atoms with E-state index in [2.05, 4.69) is 9.97 Å². The van der Waals surface area contributed by atoms with Gasteiger partial charge < -0.3 is 14.6 Å². The molecule has 1 N–H and O–H groups in total. The molecular weight excluding hydrogens is 306 g/mol. The van der Waals surface area contributed by atoms with Crippen molar-refractivity contribution in [2.45, 2.75) is 32.5 Å². The van der Waals surface area contributed by atoms with Gasteiger partial charge in [-0.05, 0) is 38.0 Å². The van der Waals surface area contributed by atoms with Crippen molar-refractivity contribution in [2.24, 2.45) is 0 Å². The molecule has 0 aromatic carbocycles. The van der Waals surface area contributed by atoms with Gasteiger partial charge in [0.05, 0.1) is 18.4 Å². The number of H-pyrrole nitrogens is 1. The fraction of sp³-hybridized carbons (Fsp3) is 0.389. The number of piperidine rings is 1. The largest absolute Gasteiger partial charge is 0.370 e. The van der Waals surface area contributed by atoms with Crippen molar-refractivity contribution in [1.29, 1.82) is 0 Å². The molecule has 0 bridgehead atoms. The number of aromatic nitrogens is 2. The van der Waals surface area contributed by atoms with E-state index in [1.807, 2.05) is 18.2 Å². The maximum Gasteiger partial charge on any atom is 0.254 e. The van der Waals surface area contributed by atoms with Gasteiger partial charge >= 0.3 is 0 Å². The number of amides is 1. The van der Waals surface area contributed by atoms with Crippen molar-refractivity contribution in [3.05, 3.63) is 63.8 Å². The SMILES string of the molecule is Cc1cc(C(=O)N2CCC[C@@H](OCc3ccccn3)C2)cc(=O)[nH]1. The van der Waals surface area contributed by atoms with Gasteiger partial charge in [0.1, 0.15) is 0 Å². The second-order valence-corrected chi connectivity index (χ2v) is 6.06. The third-order valence-corrected chi connectivity index (χ3v) is 4.08. The van der Waals surface area contributed by atoms with E-state index in [9.17, 15) is 9.59 Å². The number of pyridine rings is 2. The average molecular weight is 327 g/mol. The lowest BCUT2D eigenvalue weighted by molar-refractivity contribution is -0.00786. The highest BCUT2D eigenvalue weighted by Crippen LogP contribution is 2.17. The molecule has 3 rings (SSSR count). The lowest BCUT2D eigenvalue weighted by Crippen LogP contribution is -2.43. The Labute approximate surface area is 140 Å². The predicted octanol–water partition coefficient (Wildman–Crippen LogP) is 1.90. The van der Waals surface area contributed by atoms with Gasteiger partial charge in [0, 0.05) is 36.6 Å². The number of carbonyl (C=O) groups excluding carboxylic acids is 1. The number of nitrogens with one attached hydrogen (secondary N) is 1. The molecule has 0 radical (unpaired) electrons. The Bertz CT molecular complexity index is 758. The highest BCUT2D eigenvalue weighted by atomic mass is 16.5. The molecule has 0 saturated carbocycles. The van der Waals surface area contributed by atoms with E-state index in [1.54, 1.807) is 24.1 Å². The molecular formula is C18H21N3O3. The van der Waals surface area contributed by atoms with Crippen LogP contribution < -0.4 is 5.56 Å². The maximum atomic E-state index is 12.6. The Kier molecular flexibility index (Phi) is 5.05. The molecule has 1 aliphatic rings. The van der Waals surface area contributed by atoms with Gasteiger partial charge in [-0.2, -0.15) is 0 Å². The number of hydrogen-bond acceptors (Lipinski definition) is 4. The summed E-state index contributed by atoms with van der Waals surface area (Å²) in [5.41, 5.74) is 1.75. The molecule has 24 heavy (non-hydrogen) atoms. The summed E-state index contributed by atoms with van der Waals surface area (Å²) < 4.78 is 5.91. The number of carbonyl (C=O) groups is 1.